The molecule has 0 radical (unpaired) electrons. The Hall–Kier alpha value is -3.37. The summed E-state index contributed by atoms with van der Waals surface area (Å²) in [5.74, 6) is -4.51. The van der Waals surface area contributed by atoms with Gasteiger partial charge in [0, 0.05) is 18.9 Å². The van der Waals surface area contributed by atoms with Gasteiger partial charge in [-0.1, -0.05) is 0 Å². The number of benzene rings is 1. The van der Waals surface area contributed by atoms with Crippen molar-refractivity contribution in [3.05, 3.63) is 30.2 Å². The second kappa shape index (κ2) is 8.05. The average Bonchev–Trinajstić information content (AvgIpc) is 3.11. The summed E-state index contributed by atoms with van der Waals surface area (Å²) in [5, 5.41) is 2.67. The summed E-state index contributed by atoms with van der Waals surface area (Å²) in [6.07, 6.45) is 1.16. The van der Waals surface area contributed by atoms with E-state index in [1.54, 1.807) is 6.92 Å². The molecule has 1 aliphatic rings. The molecule has 164 valence electrons. The number of fused-ring (bicyclic) bond motifs is 1. The molecule has 4 rings (SSSR count). The Morgan fingerprint density at radius 3 is 2.81 bits per heavy atom. The Bertz CT molecular complexity index is 1120. The number of aromatic nitrogens is 3. The number of nitrogens with one attached hydrogen (secondary N) is 1. The number of halogens is 3. The first-order chi connectivity index (χ1) is 14.7. The molecule has 11 heteroatoms. The highest BCUT2D eigenvalue weighted by atomic mass is 19.3. The number of oxazole rings is 1. The van der Waals surface area contributed by atoms with Gasteiger partial charge in [0.2, 0.25) is 11.8 Å². The third kappa shape index (κ3) is 4.86. The first kappa shape index (κ1) is 20.9. The van der Waals surface area contributed by atoms with Crippen molar-refractivity contribution < 1.29 is 31.9 Å². The lowest BCUT2D eigenvalue weighted by Gasteiger charge is -2.12. The van der Waals surface area contributed by atoms with Crippen LogP contribution in [-0.4, -0.2) is 46.0 Å². The largest absolute Gasteiger partial charge is 0.490 e. The van der Waals surface area contributed by atoms with Gasteiger partial charge in [0.1, 0.15) is 12.1 Å². The van der Waals surface area contributed by atoms with E-state index in [9.17, 15) is 18.0 Å². The molecule has 0 saturated heterocycles. The fourth-order valence-electron chi connectivity index (χ4n) is 2.89. The molecule has 0 bridgehead atoms. The summed E-state index contributed by atoms with van der Waals surface area (Å²) in [4.78, 5) is 23.4. The fraction of sp³-hybridized carbons (Fsp3) is 0.400. The van der Waals surface area contributed by atoms with Crippen LogP contribution in [0.5, 0.6) is 11.8 Å². The van der Waals surface area contributed by atoms with E-state index >= 15 is 0 Å². The van der Waals surface area contributed by atoms with Gasteiger partial charge in [-0.2, -0.15) is 4.98 Å². The fourth-order valence-corrected chi connectivity index (χ4v) is 2.89. The summed E-state index contributed by atoms with van der Waals surface area (Å²) in [6, 6.07) is 3.79. The van der Waals surface area contributed by atoms with Crippen molar-refractivity contribution in [3.63, 3.8) is 0 Å². The van der Waals surface area contributed by atoms with Gasteiger partial charge in [0.25, 0.3) is 11.6 Å². The standard InChI is InChI=1S/C20H19F3N4O4/c1-10(25-11(2)28)8-30-19-24-7-15-18(27-19)31-17(26-15)12-3-4-16(14(21)5-12)29-9-13-6-20(13,22)23/h3-5,7,10,13H,6,8-9H2,1-2H3,(H,25,28)/t10-,13+/m0/s1. The van der Waals surface area contributed by atoms with Crippen LogP contribution in [0.1, 0.15) is 20.3 Å². The van der Waals surface area contributed by atoms with Crippen molar-refractivity contribution in [3.8, 4) is 23.2 Å². The number of hydrogen-bond donors (Lipinski definition) is 1. The van der Waals surface area contributed by atoms with Crippen LogP contribution in [0.15, 0.2) is 28.8 Å². The monoisotopic (exact) mass is 436 g/mol. The van der Waals surface area contributed by atoms with Crippen molar-refractivity contribution in [2.75, 3.05) is 13.2 Å². The first-order valence-corrected chi connectivity index (χ1v) is 9.55. The maximum Gasteiger partial charge on any atom is 0.319 e. The predicted octanol–water partition coefficient (Wildman–Crippen LogP) is 3.36. The number of amides is 1. The minimum absolute atomic E-state index is 0.0409. The molecule has 8 nitrogen and oxygen atoms in total. The molecule has 3 aromatic rings. The number of nitrogens with zero attached hydrogens (tertiary/aromatic N) is 3. The van der Waals surface area contributed by atoms with Gasteiger partial charge >= 0.3 is 6.01 Å². The third-order valence-corrected chi connectivity index (χ3v) is 4.62. The van der Waals surface area contributed by atoms with Gasteiger partial charge < -0.3 is 19.2 Å². The van der Waals surface area contributed by atoms with Crippen LogP contribution in [0.2, 0.25) is 0 Å². The SMILES string of the molecule is CC(=O)N[C@@H](C)COc1ncc2nc(-c3ccc(OC[C@H]4CC4(F)F)c(F)c3)oc2n1. The minimum Gasteiger partial charge on any atom is -0.490 e. The second-order valence-corrected chi connectivity index (χ2v) is 7.39. The van der Waals surface area contributed by atoms with E-state index in [0.29, 0.717) is 11.1 Å². The molecule has 1 N–H and O–H groups in total. The molecule has 2 heterocycles. The van der Waals surface area contributed by atoms with E-state index in [-0.39, 0.29) is 54.9 Å². The van der Waals surface area contributed by atoms with Crippen LogP contribution < -0.4 is 14.8 Å². The van der Waals surface area contributed by atoms with Crippen LogP contribution in [-0.2, 0) is 4.79 Å². The molecule has 1 amide bonds. The molecule has 2 atom stereocenters. The van der Waals surface area contributed by atoms with Crippen LogP contribution in [0.25, 0.3) is 22.7 Å². The van der Waals surface area contributed by atoms with Gasteiger partial charge in [-0.25, -0.2) is 23.1 Å². The molecular weight excluding hydrogens is 417 g/mol. The molecule has 31 heavy (non-hydrogen) atoms. The molecule has 2 aromatic heterocycles. The topological polar surface area (TPSA) is 99.4 Å². The lowest BCUT2D eigenvalue weighted by molar-refractivity contribution is -0.119. The van der Waals surface area contributed by atoms with E-state index in [2.05, 4.69) is 20.3 Å². The average molecular weight is 436 g/mol. The van der Waals surface area contributed by atoms with Gasteiger partial charge in [-0.15, -0.1) is 0 Å². The Labute approximate surface area is 174 Å². The minimum atomic E-state index is -2.72. The van der Waals surface area contributed by atoms with E-state index in [0.717, 1.165) is 6.07 Å². The number of hydrogen-bond acceptors (Lipinski definition) is 7. The number of carbonyl (C=O) groups is 1. The number of rotatable bonds is 8. The zero-order valence-corrected chi connectivity index (χ0v) is 16.7. The number of carbonyl (C=O) groups excluding carboxylic acids is 1. The predicted molar refractivity (Wildman–Crippen MR) is 102 cm³/mol. The Balaban J connectivity index is 1.44. The molecule has 1 aliphatic carbocycles. The van der Waals surface area contributed by atoms with Crippen molar-refractivity contribution in [2.24, 2.45) is 5.92 Å². The summed E-state index contributed by atoms with van der Waals surface area (Å²) < 4.78 is 56.3. The van der Waals surface area contributed by atoms with Gasteiger partial charge in [0.15, 0.2) is 11.6 Å². The smallest absolute Gasteiger partial charge is 0.319 e. The number of ether oxygens (including phenoxy) is 2. The van der Waals surface area contributed by atoms with Gasteiger partial charge in [-0.05, 0) is 25.1 Å². The lowest BCUT2D eigenvalue weighted by Crippen LogP contribution is -2.35. The zero-order chi connectivity index (χ0) is 22.2. The molecule has 1 fully saturated rings. The van der Waals surface area contributed by atoms with E-state index in [1.165, 1.54) is 25.3 Å². The Kier molecular flexibility index (Phi) is 5.42. The molecule has 1 saturated carbocycles. The molecule has 0 aliphatic heterocycles. The van der Waals surface area contributed by atoms with Crippen molar-refractivity contribution in [1.82, 2.24) is 20.3 Å². The highest BCUT2D eigenvalue weighted by Gasteiger charge is 2.57. The Morgan fingerprint density at radius 2 is 2.13 bits per heavy atom. The summed E-state index contributed by atoms with van der Waals surface area (Å²) in [6.45, 7) is 3.09. The van der Waals surface area contributed by atoms with E-state index in [4.69, 9.17) is 13.9 Å². The van der Waals surface area contributed by atoms with Gasteiger partial charge in [-0.3, -0.25) is 4.79 Å². The maximum absolute atomic E-state index is 14.3. The Morgan fingerprint density at radius 1 is 1.35 bits per heavy atom. The van der Waals surface area contributed by atoms with Crippen LogP contribution >= 0.6 is 0 Å². The van der Waals surface area contributed by atoms with Crippen LogP contribution in [0.3, 0.4) is 0 Å². The maximum atomic E-state index is 14.3. The molecule has 1 aromatic carbocycles. The molecule has 0 spiro atoms. The number of alkyl halides is 2. The summed E-state index contributed by atoms with van der Waals surface area (Å²) in [5.41, 5.74) is 0.805. The highest BCUT2D eigenvalue weighted by Crippen LogP contribution is 2.48. The zero-order valence-electron chi connectivity index (χ0n) is 16.7. The van der Waals surface area contributed by atoms with Crippen LogP contribution in [0, 0.1) is 11.7 Å². The van der Waals surface area contributed by atoms with Crippen molar-refractivity contribution in [1.29, 1.82) is 0 Å². The lowest BCUT2D eigenvalue weighted by atomic mass is 10.2. The van der Waals surface area contributed by atoms with Crippen LogP contribution in [0.4, 0.5) is 13.2 Å². The van der Waals surface area contributed by atoms with Gasteiger partial charge in [0.05, 0.1) is 24.8 Å². The summed E-state index contributed by atoms with van der Waals surface area (Å²) in [7, 11) is 0. The van der Waals surface area contributed by atoms with Crippen molar-refractivity contribution in [2.45, 2.75) is 32.2 Å². The van der Waals surface area contributed by atoms with E-state index < -0.39 is 17.7 Å². The highest BCUT2D eigenvalue weighted by molar-refractivity contribution is 5.73. The quantitative estimate of drug-likeness (QED) is 0.578. The second-order valence-electron chi connectivity index (χ2n) is 7.39. The van der Waals surface area contributed by atoms with E-state index in [1.807, 2.05) is 0 Å². The summed E-state index contributed by atoms with van der Waals surface area (Å²) >= 11 is 0. The molecular formula is C20H19F3N4O4. The third-order valence-electron chi connectivity index (χ3n) is 4.62. The first-order valence-electron chi connectivity index (χ1n) is 9.55. The molecule has 0 unspecified atom stereocenters. The van der Waals surface area contributed by atoms with Crippen molar-refractivity contribution >= 4 is 17.1 Å². The normalized spacial score (nSPS) is 17.9.